The molecule has 108 valence electrons. The van der Waals surface area contributed by atoms with Crippen LogP contribution in [-0.2, 0) is 16.0 Å². The van der Waals surface area contributed by atoms with E-state index in [1.54, 1.807) is 0 Å². The molecule has 20 heavy (non-hydrogen) atoms. The number of aliphatic carboxylic acids is 1. The highest BCUT2D eigenvalue weighted by molar-refractivity contribution is 7.99. The maximum atomic E-state index is 13.4. The van der Waals surface area contributed by atoms with Crippen LogP contribution in [0.25, 0.3) is 0 Å². The fourth-order valence-electron chi connectivity index (χ4n) is 2.03. The summed E-state index contributed by atoms with van der Waals surface area (Å²) in [6.45, 7) is 0. The summed E-state index contributed by atoms with van der Waals surface area (Å²) in [5.41, 5.74) is -1.24. The van der Waals surface area contributed by atoms with E-state index in [0.29, 0.717) is 24.0 Å². The number of rotatable bonds is 4. The quantitative estimate of drug-likeness (QED) is 0.886. The second kappa shape index (κ2) is 5.78. The third kappa shape index (κ3) is 3.09. The lowest BCUT2D eigenvalue weighted by molar-refractivity contribution is -0.146. The number of hydrogen-bond acceptors (Lipinski definition) is 3. The smallest absolute Gasteiger partial charge is 0.330 e. The average Bonchev–Trinajstić information content (AvgIpc) is 2.82. The first-order valence-corrected chi connectivity index (χ1v) is 7.14. The maximum absolute atomic E-state index is 13.4. The zero-order valence-electron chi connectivity index (χ0n) is 10.5. The number of carboxylic acid groups (broad SMARTS) is 1. The van der Waals surface area contributed by atoms with Gasteiger partial charge in [0, 0.05) is 11.8 Å². The van der Waals surface area contributed by atoms with E-state index < -0.39 is 29.0 Å². The predicted octanol–water partition coefficient (Wildman–Crippen LogP) is 1.58. The van der Waals surface area contributed by atoms with E-state index in [9.17, 15) is 23.5 Å². The Labute approximate surface area is 118 Å². The molecule has 0 aromatic heterocycles. The van der Waals surface area contributed by atoms with Crippen molar-refractivity contribution in [3.8, 4) is 0 Å². The first-order chi connectivity index (χ1) is 9.43. The Balaban J connectivity index is 2.07. The molecule has 0 bridgehead atoms. The van der Waals surface area contributed by atoms with E-state index >= 15 is 0 Å². The molecule has 1 atom stereocenters. The van der Waals surface area contributed by atoms with Gasteiger partial charge in [0.25, 0.3) is 0 Å². The zero-order valence-corrected chi connectivity index (χ0v) is 11.3. The molecule has 1 aromatic rings. The van der Waals surface area contributed by atoms with Crippen LogP contribution in [0.4, 0.5) is 8.78 Å². The van der Waals surface area contributed by atoms with Crippen molar-refractivity contribution in [2.24, 2.45) is 0 Å². The van der Waals surface area contributed by atoms with E-state index in [4.69, 9.17) is 0 Å². The Hall–Kier alpha value is -1.63. The number of hydrogen-bond donors (Lipinski definition) is 2. The molecule has 1 fully saturated rings. The highest BCUT2D eigenvalue weighted by Gasteiger charge is 2.43. The van der Waals surface area contributed by atoms with Crippen LogP contribution in [0.5, 0.6) is 0 Å². The normalized spacial score (nSPS) is 21.7. The van der Waals surface area contributed by atoms with Crippen LogP contribution >= 0.6 is 11.8 Å². The standard InChI is InChI=1S/C13H13F2NO3S/c14-9-2-1-8(10(15)6-9)5-11(17)16-13(12(18)19)3-4-20-7-13/h1-2,6H,3-5,7H2,(H,16,17)(H,18,19). The van der Waals surface area contributed by atoms with Gasteiger partial charge in [-0.15, -0.1) is 0 Å². The maximum Gasteiger partial charge on any atom is 0.330 e. The molecular weight excluding hydrogens is 288 g/mol. The van der Waals surface area contributed by atoms with Crippen molar-refractivity contribution in [1.29, 1.82) is 0 Å². The number of halogens is 2. The average molecular weight is 301 g/mol. The molecule has 0 radical (unpaired) electrons. The number of carboxylic acids is 1. The van der Waals surface area contributed by atoms with Crippen LogP contribution in [0.15, 0.2) is 18.2 Å². The summed E-state index contributed by atoms with van der Waals surface area (Å²) in [6, 6.07) is 2.94. The molecule has 1 aliphatic heterocycles. The first kappa shape index (κ1) is 14.8. The summed E-state index contributed by atoms with van der Waals surface area (Å²) < 4.78 is 26.2. The third-order valence-electron chi connectivity index (χ3n) is 3.18. The molecule has 1 aliphatic rings. The molecule has 1 amide bonds. The first-order valence-electron chi connectivity index (χ1n) is 5.99. The lowest BCUT2D eigenvalue weighted by atomic mass is 9.98. The molecule has 1 aromatic carbocycles. The molecular formula is C13H13F2NO3S. The number of thioether (sulfide) groups is 1. The minimum Gasteiger partial charge on any atom is -0.479 e. The Kier molecular flexibility index (Phi) is 4.27. The van der Waals surface area contributed by atoms with Crippen LogP contribution < -0.4 is 5.32 Å². The summed E-state index contributed by atoms with van der Waals surface area (Å²) in [7, 11) is 0. The highest BCUT2D eigenvalue weighted by atomic mass is 32.2. The lowest BCUT2D eigenvalue weighted by Crippen LogP contribution is -2.55. The Morgan fingerprint density at radius 2 is 2.15 bits per heavy atom. The van der Waals surface area contributed by atoms with Crippen molar-refractivity contribution < 1.29 is 23.5 Å². The van der Waals surface area contributed by atoms with Crippen molar-refractivity contribution in [2.75, 3.05) is 11.5 Å². The summed E-state index contributed by atoms with van der Waals surface area (Å²) in [5.74, 6) is -2.26. The molecule has 2 rings (SSSR count). The van der Waals surface area contributed by atoms with Gasteiger partial charge in [-0.1, -0.05) is 6.07 Å². The monoisotopic (exact) mass is 301 g/mol. The van der Waals surface area contributed by atoms with E-state index in [-0.39, 0.29) is 12.0 Å². The van der Waals surface area contributed by atoms with Gasteiger partial charge in [-0.05, 0) is 23.8 Å². The SMILES string of the molecule is O=C(Cc1ccc(F)cc1F)NC1(C(=O)O)CCSC1. The molecule has 4 nitrogen and oxygen atoms in total. The molecule has 2 N–H and O–H groups in total. The van der Waals surface area contributed by atoms with Gasteiger partial charge in [-0.3, -0.25) is 4.79 Å². The Morgan fingerprint density at radius 1 is 1.40 bits per heavy atom. The van der Waals surface area contributed by atoms with Crippen LogP contribution in [0, 0.1) is 11.6 Å². The molecule has 0 saturated carbocycles. The van der Waals surface area contributed by atoms with Crippen LogP contribution in [0.2, 0.25) is 0 Å². The molecule has 7 heteroatoms. The summed E-state index contributed by atoms with van der Waals surface area (Å²) >= 11 is 1.44. The number of nitrogens with one attached hydrogen (secondary N) is 1. The fourth-order valence-corrected chi connectivity index (χ4v) is 3.36. The number of benzene rings is 1. The van der Waals surface area contributed by atoms with Crippen LogP contribution in [0.1, 0.15) is 12.0 Å². The minimum atomic E-state index is -1.28. The summed E-state index contributed by atoms with van der Waals surface area (Å²) in [6.07, 6.45) is 0.0243. The van der Waals surface area contributed by atoms with Crippen molar-refractivity contribution in [1.82, 2.24) is 5.32 Å². The van der Waals surface area contributed by atoms with Crippen LogP contribution in [0.3, 0.4) is 0 Å². The second-order valence-electron chi connectivity index (χ2n) is 4.65. The topological polar surface area (TPSA) is 66.4 Å². The minimum absolute atomic E-state index is 0.0371. The molecule has 0 aliphatic carbocycles. The number of amides is 1. The molecule has 1 saturated heterocycles. The van der Waals surface area contributed by atoms with E-state index in [0.717, 1.165) is 6.07 Å². The van der Waals surface area contributed by atoms with E-state index in [1.165, 1.54) is 17.8 Å². The number of carbonyl (C=O) groups excluding carboxylic acids is 1. The fraction of sp³-hybridized carbons (Fsp3) is 0.385. The van der Waals surface area contributed by atoms with Crippen molar-refractivity contribution >= 4 is 23.6 Å². The molecule has 1 heterocycles. The third-order valence-corrected chi connectivity index (χ3v) is 4.37. The molecule has 1 unspecified atom stereocenters. The highest BCUT2D eigenvalue weighted by Crippen LogP contribution is 2.28. The summed E-state index contributed by atoms with van der Waals surface area (Å²) in [4.78, 5) is 23.1. The van der Waals surface area contributed by atoms with Crippen LogP contribution in [-0.4, -0.2) is 34.0 Å². The van der Waals surface area contributed by atoms with Gasteiger partial charge in [0.1, 0.15) is 17.2 Å². The van der Waals surface area contributed by atoms with Gasteiger partial charge in [-0.2, -0.15) is 11.8 Å². The van der Waals surface area contributed by atoms with Gasteiger partial charge in [-0.25, -0.2) is 13.6 Å². The largest absolute Gasteiger partial charge is 0.479 e. The Morgan fingerprint density at radius 3 is 2.70 bits per heavy atom. The van der Waals surface area contributed by atoms with Crippen molar-refractivity contribution in [3.63, 3.8) is 0 Å². The predicted molar refractivity (Wildman–Crippen MR) is 70.5 cm³/mol. The van der Waals surface area contributed by atoms with Crippen molar-refractivity contribution in [3.05, 3.63) is 35.4 Å². The zero-order chi connectivity index (χ0) is 14.8. The lowest BCUT2D eigenvalue weighted by Gasteiger charge is -2.24. The Bertz CT molecular complexity index is 544. The van der Waals surface area contributed by atoms with Gasteiger partial charge >= 0.3 is 5.97 Å². The molecule has 0 spiro atoms. The van der Waals surface area contributed by atoms with Gasteiger partial charge in [0.05, 0.1) is 6.42 Å². The van der Waals surface area contributed by atoms with Gasteiger partial charge in [0.2, 0.25) is 5.91 Å². The number of carbonyl (C=O) groups is 2. The summed E-state index contributed by atoms with van der Waals surface area (Å²) in [5, 5.41) is 11.7. The van der Waals surface area contributed by atoms with E-state index in [1.807, 2.05) is 0 Å². The van der Waals surface area contributed by atoms with Gasteiger partial charge in [0.15, 0.2) is 0 Å². The van der Waals surface area contributed by atoms with E-state index in [2.05, 4.69) is 5.32 Å². The van der Waals surface area contributed by atoms with Gasteiger partial charge < -0.3 is 10.4 Å². The van der Waals surface area contributed by atoms with Crippen molar-refractivity contribution in [2.45, 2.75) is 18.4 Å². The second-order valence-corrected chi connectivity index (χ2v) is 5.76.